The van der Waals surface area contributed by atoms with Crippen LogP contribution in [0.25, 0.3) is 0 Å². The van der Waals surface area contributed by atoms with Crippen molar-refractivity contribution in [2.45, 2.75) is 82.4 Å². The van der Waals surface area contributed by atoms with Crippen LogP contribution >= 0.6 is 0 Å². The van der Waals surface area contributed by atoms with Gasteiger partial charge in [0, 0.05) is 36.3 Å². The molecule has 8 aliphatic rings. The van der Waals surface area contributed by atoms with Crippen LogP contribution in [0.1, 0.15) is 64.7 Å². The molecule has 0 radical (unpaired) electrons. The molecule has 5 heterocycles. The van der Waals surface area contributed by atoms with E-state index in [0.717, 1.165) is 43.9 Å². The van der Waals surface area contributed by atoms with Gasteiger partial charge in [0.1, 0.15) is 11.3 Å². The molecule has 2 saturated heterocycles. The van der Waals surface area contributed by atoms with E-state index < -0.39 is 18.7 Å². The summed E-state index contributed by atoms with van der Waals surface area (Å²) in [5, 5.41) is 21.8. The van der Waals surface area contributed by atoms with Crippen LogP contribution < -0.4 is 0 Å². The Morgan fingerprint density at radius 1 is 1.15 bits per heavy atom. The summed E-state index contributed by atoms with van der Waals surface area (Å²) in [6.45, 7) is 2.58. The minimum absolute atomic E-state index is 0.0388. The summed E-state index contributed by atoms with van der Waals surface area (Å²) in [4.78, 5) is 15.1. The van der Waals surface area contributed by atoms with Gasteiger partial charge in [0.05, 0.1) is 25.4 Å². The first-order valence-electron chi connectivity index (χ1n) is 15.5. The third-order valence-electron chi connectivity index (χ3n) is 11.2. The molecule has 1 spiro atoms. The lowest BCUT2D eigenvalue weighted by atomic mass is 9.66. The molecule has 5 aliphatic heterocycles. The van der Waals surface area contributed by atoms with Gasteiger partial charge in [-0.2, -0.15) is 0 Å². The smallest absolute Gasteiger partial charge is 0.345 e. The SMILES string of the molecule is COC1=C(CO)C(=O)OC1=C1OC2=C[C@@H]3C=C[C@]4(CCC[C@@H]([C@@H](O)[C@H]5C=CC[C@@H](C6CCCC6)C5)N4C3)[C@H]2[C@@H]1C. The number of cyclic esters (lactones) is 1. The third kappa shape index (κ3) is 3.98. The van der Waals surface area contributed by atoms with Crippen molar-refractivity contribution in [1.82, 2.24) is 4.90 Å². The molecular formula is C33H43NO6. The van der Waals surface area contributed by atoms with Gasteiger partial charge in [-0.3, -0.25) is 4.90 Å². The summed E-state index contributed by atoms with van der Waals surface area (Å²) in [5.74, 6) is 3.38. The summed E-state index contributed by atoms with van der Waals surface area (Å²) in [6.07, 6.45) is 22.0. The van der Waals surface area contributed by atoms with Crippen molar-refractivity contribution in [2.24, 2.45) is 35.5 Å². The Bertz CT molecular complexity index is 1210. The molecule has 2 bridgehead atoms. The topological polar surface area (TPSA) is 88.5 Å². The number of aliphatic hydroxyl groups excluding tert-OH is 2. The Balaban J connectivity index is 1.20. The van der Waals surface area contributed by atoms with Crippen LogP contribution in [0.3, 0.4) is 0 Å². The first-order valence-corrected chi connectivity index (χ1v) is 15.5. The Hall–Kier alpha value is -2.35. The van der Waals surface area contributed by atoms with Gasteiger partial charge in [0.2, 0.25) is 5.76 Å². The average molecular weight is 550 g/mol. The minimum atomic E-state index is -0.586. The number of allylic oxidation sites excluding steroid dienone is 2. The number of hydrogen-bond acceptors (Lipinski definition) is 7. The Kier molecular flexibility index (Phi) is 6.75. The highest BCUT2D eigenvalue weighted by Crippen LogP contribution is 2.57. The van der Waals surface area contributed by atoms with E-state index in [9.17, 15) is 15.0 Å². The van der Waals surface area contributed by atoms with Gasteiger partial charge in [0.25, 0.3) is 0 Å². The van der Waals surface area contributed by atoms with Crippen molar-refractivity contribution in [2.75, 3.05) is 20.3 Å². The molecular weight excluding hydrogens is 506 g/mol. The first-order chi connectivity index (χ1) is 19.4. The van der Waals surface area contributed by atoms with E-state index in [1.807, 2.05) is 0 Å². The van der Waals surface area contributed by atoms with Crippen molar-refractivity contribution in [3.63, 3.8) is 0 Å². The molecule has 3 fully saturated rings. The Morgan fingerprint density at radius 2 is 1.98 bits per heavy atom. The van der Waals surface area contributed by atoms with Crippen LogP contribution in [-0.2, 0) is 19.0 Å². The van der Waals surface area contributed by atoms with E-state index >= 15 is 0 Å². The molecule has 0 amide bonds. The number of piperidine rings is 1. The second kappa shape index (κ2) is 10.2. The molecule has 0 unspecified atom stereocenters. The molecule has 0 aromatic heterocycles. The van der Waals surface area contributed by atoms with E-state index in [-0.39, 0.29) is 46.6 Å². The fourth-order valence-electron chi connectivity index (χ4n) is 9.38. The molecule has 8 atom stereocenters. The summed E-state index contributed by atoms with van der Waals surface area (Å²) >= 11 is 0. The maximum Gasteiger partial charge on any atom is 0.345 e. The molecule has 7 nitrogen and oxygen atoms in total. The monoisotopic (exact) mass is 549 g/mol. The van der Waals surface area contributed by atoms with Crippen molar-refractivity contribution >= 4 is 5.97 Å². The predicted octanol–water partition coefficient (Wildman–Crippen LogP) is 4.74. The zero-order valence-electron chi connectivity index (χ0n) is 23.8. The van der Waals surface area contributed by atoms with Gasteiger partial charge in [-0.25, -0.2) is 4.79 Å². The zero-order valence-corrected chi connectivity index (χ0v) is 23.8. The van der Waals surface area contributed by atoms with E-state index in [1.54, 1.807) is 0 Å². The molecule has 0 aromatic rings. The number of nitrogens with zero attached hydrogens (tertiary/aromatic N) is 1. The second-order valence-corrected chi connectivity index (χ2v) is 13.2. The van der Waals surface area contributed by atoms with E-state index in [1.165, 1.54) is 39.2 Å². The molecule has 3 aliphatic carbocycles. The number of methoxy groups -OCH3 is 1. The van der Waals surface area contributed by atoms with Gasteiger partial charge in [-0.05, 0) is 50.0 Å². The number of rotatable bonds is 5. The van der Waals surface area contributed by atoms with E-state index in [2.05, 4.69) is 42.2 Å². The van der Waals surface area contributed by atoms with Gasteiger partial charge < -0.3 is 24.4 Å². The summed E-state index contributed by atoms with van der Waals surface area (Å²) in [5.41, 5.74) is -0.145. The van der Waals surface area contributed by atoms with Crippen LogP contribution in [-0.4, -0.2) is 59.0 Å². The maximum atomic E-state index is 12.5. The largest absolute Gasteiger partial charge is 0.492 e. The third-order valence-corrected chi connectivity index (χ3v) is 11.2. The highest BCUT2D eigenvalue weighted by atomic mass is 16.6. The van der Waals surface area contributed by atoms with Crippen LogP contribution in [0.2, 0.25) is 0 Å². The normalized spacial score (nSPS) is 41.9. The number of esters is 1. The first kappa shape index (κ1) is 26.5. The molecule has 1 saturated carbocycles. The Morgan fingerprint density at radius 3 is 2.75 bits per heavy atom. The number of carbonyl (C=O) groups is 1. The molecule has 0 aromatic carbocycles. The number of hydrogen-bond donors (Lipinski definition) is 2. The van der Waals surface area contributed by atoms with Crippen LogP contribution in [0, 0.1) is 35.5 Å². The van der Waals surface area contributed by atoms with E-state index in [4.69, 9.17) is 14.2 Å². The van der Waals surface area contributed by atoms with Gasteiger partial charge in [-0.15, -0.1) is 0 Å². The lowest BCUT2D eigenvalue weighted by Gasteiger charge is -2.56. The Labute approximate surface area is 237 Å². The fourth-order valence-corrected chi connectivity index (χ4v) is 9.38. The average Bonchev–Trinajstić information content (AvgIpc) is 3.66. The number of carbonyl (C=O) groups excluding carboxylic acids is 1. The lowest BCUT2D eigenvalue weighted by Crippen LogP contribution is -2.65. The molecule has 40 heavy (non-hydrogen) atoms. The van der Waals surface area contributed by atoms with Gasteiger partial charge in [0.15, 0.2) is 11.5 Å². The summed E-state index contributed by atoms with van der Waals surface area (Å²) in [6, 6.07) is 0.0922. The van der Waals surface area contributed by atoms with Crippen LogP contribution in [0.4, 0.5) is 0 Å². The van der Waals surface area contributed by atoms with Crippen molar-refractivity contribution < 1.29 is 29.2 Å². The minimum Gasteiger partial charge on any atom is -0.492 e. The predicted molar refractivity (Wildman–Crippen MR) is 149 cm³/mol. The molecule has 2 N–H and O–H groups in total. The summed E-state index contributed by atoms with van der Waals surface area (Å²) in [7, 11) is 1.49. The van der Waals surface area contributed by atoms with Crippen LogP contribution in [0.5, 0.6) is 0 Å². The number of aliphatic hydroxyl groups is 2. The standard InChI is InChI=1S/C33H43NO6/c1-19-27-26(39-29(19)31-30(38-2)24(18-35)32(37)40-31)15-20-12-14-33(27)13-6-11-25(34(33)17-20)28(36)23-10-5-9-22(16-23)21-7-3-4-8-21/h5,10,12,14-15,19-23,25,27-28,35-36H,3-4,6-9,11,13,16-18H2,1-2H3/t19-,20-,22+,23-,25-,27-,28-,33+/m0/s1. The van der Waals surface area contributed by atoms with Crippen molar-refractivity contribution in [3.8, 4) is 0 Å². The van der Waals surface area contributed by atoms with E-state index in [0.29, 0.717) is 17.4 Å². The molecule has 216 valence electrons. The van der Waals surface area contributed by atoms with Gasteiger partial charge >= 0.3 is 5.97 Å². The highest BCUT2D eigenvalue weighted by Gasteiger charge is 2.59. The molecule has 8 rings (SSSR count). The summed E-state index contributed by atoms with van der Waals surface area (Å²) < 4.78 is 17.7. The number of ether oxygens (including phenoxy) is 3. The quantitative estimate of drug-likeness (QED) is 0.378. The van der Waals surface area contributed by atoms with Crippen molar-refractivity contribution in [1.29, 1.82) is 0 Å². The second-order valence-electron chi connectivity index (χ2n) is 13.2. The lowest BCUT2D eigenvalue weighted by molar-refractivity contribution is -0.133. The van der Waals surface area contributed by atoms with Gasteiger partial charge in [-0.1, -0.05) is 56.9 Å². The zero-order chi connectivity index (χ0) is 27.6. The van der Waals surface area contributed by atoms with Crippen LogP contribution in [0.15, 0.2) is 59.0 Å². The molecule has 7 heteroatoms. The maximum absolute atomic E-state index is 12.5. The highest BCUT2D eigenvalue weighted by molar-refractivity contribution is 5.94. The van der Waals surface area contributed by atoms with Crippen molar-refractivity contribution in [3.05, 3.63) is 59.0 Å². The fraction of sp³-hybridized carbons (Fsp3) is 0.667.